The van der Waals surface area contributed by atoms with Gasteiger partial charge >= 0.3 is 6.09 Å². The number of methoxy groups -OCH3 is 1. The van der Waals surface area contributed by atoms with Crippen molar-refractivity contribution in [3.05, 3.63) is 72.8 Å². The Balaban J connectivity index is 1.93. The maximum absolute atomic E-state index is 11.7. The molecule has 0 aliphatic rings. The van der Waals surface area contributed by atoms with E-state index in [1.165, 1.54) is 7.05 Å². The first kappa shape index (κ1) is 18.6. The first-order valence-electron chi connectivity index (χ1n) is 9.24. The van der Waals surface area contributed by atoms with Gasteiger partial charge in [-0.05, 0) is 24.3 Å². The van der Waals surface area contributed by atoms with Crippen LogP contribution in [0.5, 0.6) is 5.75 Å². The number of amides is 1. The molecule has 4 aromatic rings. The molecule has 0 spiro atoms. The third kappa shape index (κ3) is 3.78. The highest BCUT2D eigenvalue weighted by Gasteiger charge is 2.17. The van der Waals surface area contributed by atoms with Crippen molar-refractivity contribution < 1.29 is 14.3 Å². The summed E-state index contributed by atoms with van der Waals surface area (Å²) in [7, 11) is 3.16. The molecule has 0 unspecified atom stereocenters. The minimum Gasteiger partial charge on any atom is -0.497 e. The van der Waals surface area contributed by atoms with Gasteiger partial charge in [-0.15, -0.1) is 0 Å². The largest absolute Gasteiger partial charge is 0.497 e. The van der Waals surface area contributed by atoms with Crippen LogP contribution in [0, 0.1) is 0 Å². The molecule has 29 heavy (non-hydrogen) atoms. The Bertz CT molecular complexity index is 1160. The molecular weight excluding hydrogens is 366 g/mol. The van der Waals surface area contributed by atoms with E-state index in [9.17, 15) is 4.79 Å². The molecular formula is C23H21N3O3. The van der Waals surface area contributed by atoms with Crippen molar-refractivity contribution in [1.82, 2.24) is 10.3 Å². The lowest BCUT2D eigenvalue weighted by Crippen LogP contribution is -2.28. The number of para-hydroxylation sites is 2. The predicted molar refractivity (Wildman–Crippen MR) is 115 cm³/mol. The monoisotopic (exact) mass is 387 g/mol. The number of benzene rings is 3. The molecule has 6 nitrogen and oxygen atoms in total. The van der Waals surface area contributed by atoms with Crippen LogP contribution >= 0.6 is 0 Å². The van der Waals surface area contributed by atoms with E-state index in [1.54, 1.807) is 7.11 Å². The van der Waals surface area contributed by atoms with Crippen LogP contribution in [-0.2, 0) is 4.74 Å². The Morgan fingerprint density at radius 1 is 1.00 bits per heavy atom. The van der Waals surface area contributed by atoms with Gasteiger partial charge in [-0.1, -0.05) is 36.4 Å². The maximum atomic E-state index is 11.7. The molecule has 0 bridgehead atoms. The molecule has 0 saturated heterocycles. The zero-order chi connectivity index (χ0) is 20.2. The summed E-state index contributed by atoms with van der Waals surface area (Å²) < 4.78 is 10.9. The fourth-order valence-electron chi connectivity index (χ4n) is 3.26. The van der Waals surface area contributed by atoms with Gasteiger partial charge in [0.1, 0.15) is 5.75 Å². The number of hydrogen-bond donors (Lipinski definition) is 1. The molecule has 1 heterocycles. The normalized spacial score (nSPS) is 10.7. The van der Waals surface area contributed by atoms with E-state index in [1.807, 2.05) is 71.6 Å². The second-order valence-electron chi connectivity index (χ2n) is 6.47. The van der Waals surface area contributed by atoms with E-state index >= 15 is 0 Å². The average Bonchev–Trinajstić information content (AvgIpc) is 2.78. The average molecular weight is 387 g/mol. The molecule has 0 aliphatic heterocycles. The Labute approximate surface area is 168 Å². The quantitative estimate of drug-likeness (QED) is 0.392. The van der Waals surface area contributed by atoms with Crippen LogP contribution in [0.25, 0.3) is 21.8 Å². The van der Waals surface area contributed by atoms with Gasteiger partial charge in [0.25, 0.3) is 0 Å². The molecule has 3 aromatic carbocycles. The molecule has 1 aromatic heterocycles. The van der Waals surface area contributed by atoms with E-state index in [4.69, 9.17) is 14.5 Å². The number of nitrogens with one attached hydrogen (secondary N) is 1. The number of aromatic nitrogens is 1. The van der Waals surface area contributed by atoms with Crippen LogP contribution in [0.3, 0.4) is 0 Å². The fourth-order valence-corrected chi connectivity index (χ4v) is 3.26. The summed E-state index contributed by atoms with van der Waals surface area (Å²) in [5.41, 5.74) is 3.44. The molecule has 0 atom stereocenters. The van der Waals surface area contributed by atoms with Crippen molar-refractivity contribution in [2.24, 2.45) is 0 Å². The molecule has 1 N–H and O–H groups in total. The van der Waals surface area contributed by atoms with Gasteiger partial charge in [0.05, 0.1) is 23.8 Å². The summed E-state index contributed by atoms with van der Waals surface area (Å²) in [6.07, 6.45) is -0.498. The third-order valence-electron chi connectivity index (χ3n) is 4.71. The topological polar surface area (TPSA) is 63.7 Å². The van der Waals surface area contributed by atoms with Gasteiger partial charge in [-0.25, -0.2) is 9.78 Å². The third-order valence-corrected chi connectivity index (χ3v) is 4.71. The highest BCUT2D eigenvalue weighted by Crippen LogP contribution is 2.36. The number of fused-ring (bicyclic) bond motifs is 2. The van der Waals surface area contributed by atoms with Gasteiger partial charge in [0, 0.05) is 35.6 Å². The van der Waals surface area contributed by atoms with E-state index in [0.29, 0.717) is 5.75 Å². The van der Waals surface area contributed by atoms with Gasteiger partial charge in [-0.2, -0.15) is 0 Å². The van der Waals surface area contributed by atoms with E-state index in [-0.39, 0.29) is 6.73 Å². The predicted octanol–water partition coefficient (Wildman–Crippen LogP) is 4.85. The molecule has 146 valence electrons. The van der Waals surface area contributed by atoms with Crippen molar-refractivity contribution in [3.8, 4) is 5.75 Å². The standard InChI is InChI=1S/C23H21N3O3/c1-24-23(27)29-15-26(17-9-4-3-5-10-17)22-14-18(28-2)13-21-19(22)12-16-8-6-7-11-20(16)25-21/h3-14H,15H2,1-2H3,(H,24,27). The summed E-state index contributed by atoms with van der Waals surface area (Å²) in [6, 6.07) is 23.7. The lowest BCUT2D eigenvalue weighted by Gasteiger charge is -2.26. The SMILES string of the molecule is CNC(=O)OCN(c1ccccc1)c1cc(OC)cc2nc3ccccc3cc12. The van der Waals surface area contributed by atoms with Crippen molar-refractivity contribution in [1.29, 1.82) is 0 Å². The van der Waals surface area contributed by atoms with E-state index in [2.05, 4.69) is 11.4 Å². The van der Waals surface area contributed by atoms with Crippen LogP contribution in [0.1, 0.15) is 0 Å². The molecule has 0 fully saturated rings. The number of rotatable bonds is 5. The van der Waals surface area contributed by atoms with Crippen LogP contribution in [0.2, 0.25) is 0 Å². The lowest BCUT2D eigenvalue weighted by atomic mass is 10.1. The molecule has 6 heteroatoms. The van der Waals surface area contributed by atoms with Gasteiger partial charge in [0.2, 0.25) is 0 Å². The maximum Gasteiger partial charge on any atom is 0.408 e. The number of ether oxygens (including phenoxy) is 2. The van der Waals surface area contributed by atoms with E-state index < -0.39 is 6.09 Å². The van der Waals surface area contributed by atoms with Gasteiger partial charge in [-0.3, -0.25) is 0 Å². The number of hydrogen-bond acceptors (Lipinski definition) is 5. The highest BCUT2D eigenvalue weighted by molar-refractivity contribution is 6.01. The second-order valence-corrected chi connectivity index (χ2v) is 6.47. The summed E-state index contributed by atoms with van der Waals surface area (Å²) in [6.45, 7) is 0.0405. The Hall–Kier alpha value is -3.80. The number of carbonyl (C=O) groups excluding carboxylic acids is 1. The van der Waals surface area contributed by atoms with Crippen molar-refractivity contribution in [2.75, 3.05) is 25.8 Å². The number of nitrogens with zero attached hydrogens (tertiary/aromatic N) is 2. The van der Waals surface area contributed by atoms with Crippen LogP contribution < -0.4 is 15.0 Å². The van der Waals surface area contributed by atoms with Crippen molar-refractivity contribution in [2.45, 2.75) is 0 Å². The Kier molecular flexibility index (Phi) is 5.16. The summed E-state index contributed by atoms with van der Waals surface area (Å²) in [5.74, 6) is 0.677. The minimum atomic E-state index is -0.498. The summed E-state index contributed by atoms with van der Waals surface area (Å²) in [4.78, 5) is 18.5. The number of pyridine rings is 1. The molecule has 1 amide bonds. The summed E-state index contributed by atoms with van der Waals surface area (Å²) in [5, 5.41) is 4.45. The highest BCUT2D eigenvalue weighted by atomic mass is 16.6. The molecule has 4 rings (SSSR count). The van der Waals surface area contributed by atoms with E-state index in [0.717, 1.165) is 33.2 Å². The zero-order valence-corrected chi connectivity index (χ0v) is 16.3. The van der Waals surface area contributed by atoms with Crippen LogP contribution in [-0.4, -0.2) is 32.0 Å². The second kappa shape index (κ2) is 8.06. The molecule has 0 aliphatic carbocycles. The number of carbonyl (C=O) groups is 1. The summed E-state index contributed by atoms with van der Waals surface area (Å²) >= 11 is 0. The number of alkyl carbamates (subject to hydrolysis) is 1. The lowest BCUT2D eigenvalue weighted by molar-refractivity contribution is 0.151. The van der Waals surface area contributed by atoms with Gasteiger partial charge in [0.15, 0.2) is 6.73 Å². The zero-order valence-electron chi connectivity index (χ0n) is 16.3. The van der Waals surface area contributed by atoms with Gasteiger partial charge < -0.3 is 19.7 Å². The number of anilines is 2. The Morgan fingerprint density at radius 2 is 1.76 bits per heavy atom. The molecule has 0 radical (unpaired) electrons. The van der Waals surface area contributed by atoms with Crippen LogP contribution in [0.15, 0.2) is 72.8 Å². The first-order chi connectivity index (χ1) is 14.2. The fraction of sp³-hybridized carbons (Fsp3) is 0.130. The smallest absolute Gasteiger partial charge is 0.408 e. The van der Waals surface area contributed by atoms with Crippen molar-refractivity contribution >= 4 is 39.3 Å². The Morgan fingerprint density at radius 3 is 2.52 bits per heavy atom. The van der Waals surface area contributed by atoms with Crippen LogP contribution in [0.4, 0.5) is 16.2 Å². The minimum absolute atomic E-state index is 0.0405. The first-order valence-corrected chi connectivity index (χ1v) is 9.24. The van der Waals surface area contributed by atoms with Crippen molar-refractivity contribution in [3.63, 3.8) is 0 Å². The molecule has 0 saturated carbocycles.